The molecule has 1 aliphatic rings. The molecule has 24 heavy (non-hydrogen) atoms. The zero-order valence-electron chi connectivity index (χ0n) is 14.1. The zero-order chi connectivity index (χ0) is 16.8. The molecule has 0 bridgehead atoms. The number of carbonyl (C=O) groups excluding carboxylic acids is 1. The number of rotatable bonds is 5. The van der Waals surface area contributed by atoms with Crippen molar-refractivity contribution in [2.75, 3.05) is 13.1 Å². The van der Waals surface area contributed by atoms with Gasteiger partial charge in [-0.2, -0.15) is 0 Å². The number of carbonyl (C=O) groups is 1. The number of ether oxygens (including phenoxy) is 1. The Labute approximate surface area is 143 Å². The summed E-state index contributed by atoms with van der Waals surface area (Å²) in [6.07, 6.45) is 1.01. The Bertz CT molecular complexity index is 655. The maximum atomic E-state index is 12.3. The molecule has 1 atom stereocenters. The predicted molar refractivity (Wildman–Crippen MR) is 94.6 cm³/mol. The number of urea groups is 1. The van der Waals surface area contributed by atoms with E-state index in [0.29, 0.717) is 19.7 Å². The lowest BCUT2D eigenvalue weighted by atomic mass is 10.1. The highest BCUT2D eigenvalue weighted by atomic mass is 16.5. The van der Waals surface area contributed by atoms with Gasteiger partial charge in [-0.05, 0) is 24.5 Å². The van der Waals surface area contributed by atoms with Gasteiger partial charge in [-0.3, -0.25) is 0 Å². The van der Waals surface area contributed by atoms with Crippen molar-refractivity contribution in [1.82, 2.24) is 10.2 Å². The highest BCUT2D eigenvalue weighted by Crippen LogP contribution is 2.15. The molecule has 0 radical (unpaired) electrons. The summed E-state index contributed by atoms with van der Waals surface area (Å²) in [5.41, 5.74) is 3.51. The Hall–Kier alpha value is -2.33. The molecule has 0 spiro atoms. The first-order valence-electron chi connectivity index (χ1n) is 8.44. The van der Waals surface area contributed by atoms with Gasteiger partial charge in [0.25, 0.3) is 0 Å². The van der Waals surface area contributed by atoms with E-state index in [2.05, 4.69) is 36.5 Å². The smallest absolute Gasteiger partial charge is 0.317 e. The molecule has 1 aliphatic heterocycles. The van der Waals surface area contributed by atoms with E-state index in [1.165, 1.54) is 11.1 Å². The molecule has 2 aromatic carbocycles. The van der Waals surface area contributed by atoms with E-state index < -0.39 is 0 Å². The molecule has 1 N–H and O–H groups in total. The molecule has 2 aromatic rings. The first-order valence-corrected chi connectivity index (χ1v) is 8.44. The lowest BCUT2D eigenvalue weighted by molar-refractivity contribution is 0.0487. The lowest BCUT2D eigenvalue weighted by Gasteiger charge is -2.17. The molecule has 126 valence electrons. The third kappa shape index (κ3) is 4.59. The fourth-order valence-corrected chi connectivity index (χ4v) is 2.83. The molecule has 1 unspecified atom stereocenters. The number of likely N-dealkylation sites (tertiary alicyclic amines) is 1. The summed E-state index contributed by atoms with van der Waals surface area (Å²) >= 11 is 0. The van der Waals surface area contributed by atoms with Gasteiger partial charge in [0.1, 0.15) is 0 Å². The van der Waals surface area contributed by atoms with Gasteiger partial charge < -0.3 is 15.0 Å². The van der Waals surface area contributed by atoms with Crippen molar-refractivity contribution < 1.29 is 9.53 Å². The molecule has 3 rings (SSSR count). The van der Waals surface area contributed by atoms with E-state index in [1.54, 1.807) is 0 Å². The first kappa shape index (κ1) is 16.5. The van der Waals surface area contributed by atoms with Crippen LogP contribution in [0, 0.1) is 6.92 Å². The summed E-state index contributed by atoms with van der Waals surface area (Å²) in [4.78, 5) is 14.1. The normalized spacial score (nSPS) is 17.0. The molecule has 1 saturated heterocycles. The van der Waals surface area contributed by atoms with Crippen molar-refractivity contribution in [1.29, 1.82) is 0 Å². The maximum Gasteiger partial charge on any atom is 0.317 e. The Morgan fingerprint density at radius 2 is 1.88 bits per heavy atom. The molecule has 1 fully saturated rings. The third-order valence-electron chi connectivity index (χ3n) is 4.33. The fourth-order valence-electron chi connectivity index (χ4n) is 2.83. The quantitative estimate of drug-likeness (QED) is 0.914. The van der Waals surface area contributed by atoms with Crippen molar-refractivity contribution in [2.45, 2.75) is 32.6 Å². The van der Waals surface area contributed by atoms with Gasteiger partial charge in [-0.15, -0.1) is 0 Å². The lowest BCUT2D eigenvalue weighted by Crippen LogP contribution is -2.38. The van der Waals surface area contributed by atoms with E-state index in [1.807, 2.05) is 35.2 Å². The Morgan fingerprint density at radius 3 is 2.62 bits per heavy atom. The Balaban J connectivity index is 1.41. The molecule has 0 aromatic heterocycles. The highest BCUT2D eigenvalue weighted by Gasteiger charge is 2.26. The minimum Gasteiger partial charge on any atom is -0.372 e. The van der Waals surface area contributed by atoms with Gasteiger partial charge in [0.15, 0.2) is 0 Å². The SMILES string of the molecule is Cc1ccc(CNC(=O)N2CCC(OCc3ccccc3)C2)cc1. The number of nitrogens with one attached hydrogen (secondary N) is 1. The summed E-state index contributed by atoms with van der Waals surface area (Å²) < 4.78 is 5.92. The Morgan fingerprint density at radius 1 is 1.12 bits per heavy atom. The average Bonchev–Trinajstić information content (AvgIpc) is 3.09. The van der Waals surface area contributed by atoms with Crippen molar-refractivity contribution in [2.24, 2.45) is 0 Å². The number of aryl methyl sites for hydroxylation is 1. The second kappa shape index (κ2) is 7.97. The monoisotopic (exact) mass is 324 g/mol. The van der Waals surface area contributed by atoms with Crippen molar-refractivity contribution in [3.05, 3.63) is 71.3 Å². The number of benzene rings is 2. The largest absolute Gasteiger partial charge is 0.372 e. The Kier molecular flexibility index (Phi) is 5.49. The minimum atomic E-state index is -0.0126. The topological polar surface area (TPSA) is 41.6 Å². The standard InChI is InChI=1S/C20H24N2O2/c1-16-7-9-17(10-8-16)13-21-20(23)22-12-11-19(14-22)24-15-18-5-3-2-4-6-18/h2-10,19H,11-15H2,1H3,(H,21,23). The zero-order valence-corrected chi connectivity index (χ0v) is 14.1. The second-order valence-electron chi connectivity index (χ2n) is 6.30. The minimum absolute atomic E-state index is 0.0126. The van der Waals surface area contributed by atoms with E-state index in [-0.39, 0.29) is 12.1 Å². The van der Waals surface area contributed by atoms with Gasteiger partial charge >= 0.3 is 6.03 Å². The van der Waals surface area contributed by atoms with Crippen molar-refractivity contribution in [3.63, 3.8) is 0 Å². The van der Waals surface area contributed by atoms with Gasteiger partial charge in [0.05, 0.1) is 12.7 Å². The van der Waals surface area contributed by atoms with Crippen LogP contribution in [-0.2, 0) is 17.9 Å². The van der Waals surface area contributed by atoms with Gasteiger partial charge in [0, 0.05) is 19.6 Å². The first-order chi connectivity index (χ1) is 11.7. The van der Waals surface area contributed by atoms with Gasteiger partial charge in [0.2, 0.25) is 0 Å². The molecule has 0 saturated carbocycles. The van der Waals surface area contributed by atoms with Crippen LogP contribution in [0.2, 0.25) is 0 Å². The fraction of sp³-hybridized carbons (Fsp3) is 0.350. The van der Waals surface area contributed by atoms with Crippen LogP contribution in [0.15, 0.2) is 54.6 Å². The molecule has 4 heteroatoms. The molecule has 2 amide bonds. The number of amides is 2. The van der Waals surface area contributed by atoms with Crippen LogP contribution in [-0.4, -0.2) is 30.1 Å². The van der Waals surface area contributed by atoms with E-state index in [4.69, 9.17) is 4.74 Å². The van der Waals surface area contributed by atoms with Crippen LogP contribution in [0.4, 0.5) is 4.79 Å². The average molecular weight is 324 g/mol. The molecule has 0 aliphatic carbocycles. The summed E-state index contributed by atoms with van der Waals surface area (Å²) in [6, 6.07) is 18.3. The van der Waals surface area contributed by atoms with Crippen LogP contribution < -0.4 is 5.32 Å². The van der Waals surface area contributed by atoms with Gasteiger partial charge in [-0.1, -0.05) is 60.2 Å². The predicted octanol–water partition coefficient (Wildman–Crippen LogP) is 3.50. The molecule has 4 nitrogen and oxygen atoms in total. The molecular formula is C20H24N2O2. The summed E-state index contributed by atoms with van der Waals surface area (Å²) in [5, 5.41) is 2.99. The summed E-state index contributed by atoms with van der Waals surface area (Å²) in [5.74, 6) is 0. The summed E-state index contributed by atoms with van der Waals surface area (Å²) in [7, 11) is 0. The number of hydrogen-bond donors (Lipinski definition) is 1. The van der Waals surface area contributed by atoms with E-state index >= 15 is 0 Å². The second-order valence-corrected chi connectivity index (χ2v) is 6.30. The molecular weight excluding hydrogens is 300 g/mol. The van der Waals surface area contributed by atoms with Crippen molar-refractivity contribution in [3.8, 4) is 0 Å². The van der Waals surface area contributed by atoms with Gasteiger partial charge in [-0.25, -0.2) is 4.79 Å². The van der Waals surface area contributed by atoms with Crippen LogP contribution >= 0.6 is 0 Å². The number of hydrogen-bond acceptors (Lipinski definition) is 2. The van der Waals surface area contributed by atoms with Crippen LogP contribution in [0.3, 0.4) is 0 Å². The summed E-state index contributed by atoms with van der Waals surface area (Å²) in [6.45, 7) is 4.63. The van der Waals surface area contributed by atoms with E-state index in [9.17, 15) is 4.79 Å². The van der Waals surface area contributed by atoms with Crippen LogP contribution in [0.25, 0.3) is 0 Å². The van der Waals surface area contributed by atoms with Crippen molar-refractivity contribution >= 4 is 6.03 Å². The van der Waals surface area contributed by atoms with Crippen LogP contribution in [0.5, 0.6) is 0 Å². The van der Waals surface area contributed by atoms with E-state index in [0.717, 1.165) is 18.5 Å². The maximum absolute atomic E-state index is 12.3. The van der Waals surface area contributed by atoms with Crippen LogP contribution in [0.1, 0.15) is 23.1 Å². The highest BCUT2D eigenvalue weighted by molar-refractivity contribution is 5.74. The molecule has 1 heterocycles. The third-order valence-corrected chi connectivity index (χ3v) is 4.33. The number of nitrogens with zero attached hydrogens (tertiary/aromatic N) is 1.